The van der Waals surface area contributed by atoms with E-state index >= 15 is 0 Å². The summed E-state index contributed by atoms with van der Waals surface area (Å²) in [6, 6.07) is 15.1. The Kier molecular flexibility index (Phi) is 4.18. The Hall–Kier alpha value is -2.29. The Bertz CT molecular complexity index is 564. The lowest BCUT2D eigenvalue weighted by Gasteiger charge is -2.07. The van der Waals surface area contributed by atoms with Gasteiger partial charge in [-0.15, -0.1) is 0 Å². The first-order valence-electron chi connectivity index (χ1n) is 6.21. The highest BCUT2D eigenvalue weighted by molar-refractivity contribution is 6.01. The van der Waals surface area contributed by atoms with Gasteiger partial charge in [-0.05, 0) is 30.2 Å². The maximum Gasteiger partial charge on any atom is 0.165 e. The maximum absolute atomic E-state index is 12.2. The van der Waals surface area contributed by atoms with E-state index in [0.717, 1.165) is 12.0 Å². The third-order valence-electron chi connectivity index (χ3n) is 3.04. The maximum atomic E-state index is 12.2. The van der Waals surface area contributed by atoms with Gasteiger partial charge in [0.2, 0.25) is 0 Å². The summed E-state index contributed by atoms with van der Waals surface area (Å²) in [5.74, 6) is 0.692. The van der Waals surface area contributed by atoms with Crippen LogP contribution in [0.2, 0.25) is 0 Å². The van der Waals surface area contributed by atoms with Gasteiger partial charge in [0.15, 0.2) is 5.78 Å². The molecule has 0 saturated heterocycles. The van der Waals surface area contributed by atoms with Gasteiger partial charge in [-0.2, -0.15) is 0 Å². The second kappa shape index (κ2) is 6.05. The van der Waals surface area contributed by atoms with Crippen molar-refractivity contribution >= 4 is 11.5 Å². The molecule has 0 fully saturated rings. The van der Waals surface area contributed by atoms with Gasteiger partial charge in [0.25, 0.3) is 0 Å². The number of Topliss-reactive ketones (excluding diaryl/α,β-unsaturated/α-hetero) is 1. The third kappa shape index (κ3) is 3.35. The molecule has 0 amide bonds. The minimum absolute atomic E-state index is 0.0419. The van der Waals surface area contributed by atoms with Crippen molar-refractivity contribution in [2.75, 3.05) is 12.8 Å². The number of anilines is 1. The van der Waals surface area contributed by atoms with Crippen molar-refractivity contribution in [2.24, 2.45) is 0 Å². The standard InChI is InChI=1S/C16H17NO2/c1-19-13-8-9-15(17)14(11-13)16(18)10-7-12-5-3-2-4-6-12/h2-6,8-9,11H,7,10,17H2,1H3. The molecule has 0 saturated carbocycles. The molecule has 0 heterocycles. The molecule has 0 unspecified atom stereocenters. The summed E-state index contributed by atoms with van der Waals surface area (Å²) in [6.07, 6.45) is 1.16. The molecule has 3 nitrogen and oxygen atoms in total. The predicted molar refractivity (Wildman–Crippen MR) is 76.5 cm³/mol. The molecule has 0 radical (unpaired) electrons. The van der Waals surface area contributed by atoms with Crippen molar-refractivity contribution in [1.29, 1.82) is 0 Å². The fourth-order valence-electron chi connectivity index (χ4n) is 1.94. The first-order chi connectivity index (χ1) is 9.20. The van der Waals surface area contributed by atoms with Crippen molar-refractivity contribution in [3.8, 4) is 5.75 Å². The van der Waals surface area contributed by atoms with Crippen molar-refractivity contribution < 1.29 is 9.53 Å². The molecule has 0 spiro atoms. The van der Waals surface area contributed by atoms with Crippen LogP contribution in [0.15, 0.2) is 48.5 Å². The summed E-state index contributed by atoms with van der Waals surface area (Å²) >= 11 is 0. The number of nitrogen functional groups attached to an aromatic ring is 1. The van der Waals surface area contributed by atoms with Gasteiger partial charge < -0.3 is 10.5 Å². The molecule has 98 valence electrons. The van der Waals surface area contributed by atoms with Crippen molar-refractivity contribution in [3.63, 3.8) is 0 Å². The minimum atomic E-state index is 0.0419. The highest BCUT2D eigenvalue weighted by atomic mass is 16.5. The minimum Gasteiger partial charge on any atom is -0.497 e. The van der Waals surface area contributed by atoms with Crippen LogP contribution in [0.25, 0.3) is 0 Å². The third-order valence-corrected chi connectivity index (χ3v) is 3.04. The van der Waals surface area contributed by atoms with Gasteiger partial charge in [-0.3, -0.25) is 4.79 Å². The molecule has 0 atom stereocenters. The number of ether oxygens (including phenoxy) is 1. The normalized spacial score (nSPS) is 10.2. The number of carbonyl (C=O) groups excluding carboxylic acids is 1. The molecular formula is C16H17NO2. The monoisotopic (exact) mass is 255 g/mol. The number of aryl methyl sites for hydroxylation is 1. The Morgan fingerprint density at radius 1 is 1.16 bits per heavy atom. The molecule has 0 aliphatic carbocycles. The van der Waals surface area contributed by atoms with Crippen LogP contribution in [-0.2, 0) is 6.42 Å². The van der Waals surface area contributed by atoms with E-state index in [4.69, 9.17) is 10.5 Å². The number of benzene rings is 2. The SMILES string of the molecule is COc1ccc(N)c(C(=O)CCc2ccccc2)c1. The van der Waals surface area contributed by atoms with E-state index in [1.807, 2.05) is 30.3 Å². The zero-order valence-electron chi connectivity index (χ0n) is 10.9. The summed E-state index contributed by atoms with van der Waals surface area (Å²) in [7, 11) is 1.57. The van der Waals surface area contributed by atoms with Crippen molar-refractivity contribution in [3.05, 3.63) is 59.7 Å². The van der Waals surface area contributed by atoms with Gasteiger partial charge in [-0.1, -0.05) is 30.3 Å². The second-order valence-corrected chi connectivity index (χ2v) is 4.36. The zero-order valence-corrected chi connectivity index (χ0v) is 10.9. The summed E-state index contributed by atoms with van der Waals surface area (Å²) < 4.78 is 5.12. The lowest BCUT2D eigenvalue weighted by molar-refractivity contribution is 0.0983. The van der Waals surface area contributed by atoms with Gasteiger partial charge in [0.1, 0.15) is 5.75 Å². The van der Waals surface area contributed by atoms with Crippen LogP contribution in [0.5, 0.6) is 5.75 Å². The van der Waals surface area contributed by atoms with Crippen LogP contribution in [0, 0.1) is 0 Å². The highest BCUT2D eigenvalue weighted by Crippen LogP contribution is 2.21. The zero-order chi connectivity index (χ0) is 13.7. The largest absolute Gasteiger partial charge is 0.497 e. The molecule has 0 aliphatic rings. The summed E-state index contributed by atoms with van der Waals surface area (Å²) in [5, 5.41) is 0. The molecular weight excluding hydrogens is 238 g/mol. The van der Waals surface area contributed by atoms with E-state index in [1.54, 1.807) is 25.3 Å². The first kappa shape index (κ1) is 13.1. The van der Waals surface area contributed by atoms with Crippen LogP contribution >= 0.6 is 0 Å². The van der Waals surface area contributed by atoms with Crippen LogP contribution in [-0.4, -0.2) is 12.9 Å². The van der Waals surface area contributed by atoms with Crippen LogP contribution in [0.1, 0.15) is 22.3 Å². The van der Waals surface area contributed by atoms with Crippen molar-refractivity contribution in [1.82, 2.24) is 0 Å². The number of methoxy groups -OCH3 is 1. The molecule has 2 rings (SSSR count). The van der Waals surface area contributed by atoms with Gasteiger partial charge in [0, 0.05) is 17.7 Å². The Labute approximate surface area is 113 Å². The molecule has 19 heavy (non-hydrogen) atoms. The second-order valence-electron chi connectivity index (χ2n) is 4.36. The lowest BCUT2D eigenvalue weighted by Crippen LogP contribution is -2.05. The van der Waals surface area contributed by atoms with E-state index < -0.39 is 0 Å². The van der Waals surface area contributed by atoms with Gasteiger partial charge in [0.05, 0.1) is 7.11 Å². The first-order valence-corrected chi connectivity index (χ1v) is 6.21. The average Bonchev–Trinajstić information content (AvgIpc) is 2.46. The average molecular weight is 255 g/mol. The molecule has 2 aromatic rings. The molecule has 0 bridgehead atoms. The smallest absolute Gasteiger partial charge is 0.165 e. The highest BCUT2D eigenvalue weighted by Gasteiger charge is 2.11. The van der Waals surface area contributed by atoms with Crippen LogP contribution in [0.4, 0.5) is 5.69 Å². The summed E-state index contributed by atoms with van der Waals surface area (Å²) in [5.41, 5.74) is 8.02. The topological polar surface area (TPSA) is 52.3 Å². The van der Waals surface area contributed by atoms with Gasteiger partial charge in [-0.25, -0.2) is 0 Å². The number of carbonyl (C=O) groups is 1. The number of ketones is 1. The van der Waals surface area contributed by atoms with Crippen LogP contribution < -0.4 is 10.5 Å². The van der Waals surface area contributed by atoms with Crippen molar-refractivity contribution in [2.45, 2.75) is 12.8 Å². The summed E-state index contributed by atoms with van der Waals surface area (Å²) in [4.78, 5) is 12.2. The number of hydrogen-bond donors (Lipinski definition) is 1. The predicted octanol–water partition coefficient (Wildman–Crippen LogP) is 3.09. The number of hydrogen-bond acceptors (Lipinski definition) is 3. The van der Waals surface area contributed by atoms with E-state index in [0.29, 0.717) is 23.4 Å². The molecule has 0 aromatic heterocycles. The Balaban J connectivity index is 2.08. The Morgan fingerprint density at radius 2 is 1.89 bits per heavy atom. The molecule has 2 N–H and O–H groups in total. The fraction of sp³-hybridized carbons (Fsp3) is 0.188. The number of rotatable bonds is 5. The number of nitrogens with two attached hydrogens (primary N) is 1. The summed E-state index contributed by atoms with van der Waals surface area (Å²) in [6.45, 7) is 0. The van der Waals surface area contributed by atoms with E-state index in [9.17, 15) is 4.79 Å². The van der Waals surface area contributed by atoms with Gasteiger partial charge >= 0.3 is 0 Å². The Morgan fingerprint density at radius 3 is 2.58 bits per heavy atom. The van der Waals surface area contributed by atoms with E-state index in [-0.39, 0.29) is 5.78 Å². The molecule has 0 aliphatic heterocycles. The molecule has 3 heteroatoms. The fourth-order valence-corrected chi connectivity index (χ4v) is 1.94. The van der Waals surface area contributed by atoms with Crippen LogP contribution in [0.3, 0.4) is 0 Å². The van der Waals surface area contributed by atoms with E-state index in [2.05, 4.69) is 0 Å². The molecule has 2 aromatic carbocycles. The lowest BCUT2D eigenvalue weighted by atomic mass is 10.0. The van der Waals surface area contributed by atoms with E-state index in [1.165, 1.54) is 0 Å². The quantitative estimate of drug-likeness (QED) is 0.659.